The van der Waals surface area contributed by atoms with E-state index in [0.29, 0.717) is 23.1 Å². The first-order valence-corrected chi connectivity index (χ1v) is 11.7. The zero-order valence-electron chi connectivity index (χ0n) is 19.1. The Balaban J connectivity index is 1.30. The quantitative estimate of drug-likeness (QED) is 0.290. The Morgan fingerprint density at radius 1 is 1.00 bits per heavy atom. The lowest BCUT2D eigenvalue weighted by Gasteiger charge is -2.08. The zero-order chi connectivity index (χ0) is 23.5. The highest BCUT2D eigenvalue weighted by Crippen LogP contribution is 2.33. The van der Waals surface area contributed by atoms with Crippen LogP contribution in [0.3, 0.4) is 0 Å². The van der Waals surface area contributed by atoms with Gasteiger partial charge in [0.25, 0.3) is 5.88 Å². The molecule has 0 saturated carbocycles. The lowest BCUT2D eigenvalue weighted by Crippen LogP contribution is -2.03. The molecule has 0 amide bonds. The van der Waals surface area contributed by atoms with Gasteiger partial charge in [-0.15, -0.1) is 0 Å². The number of nitrogens with zero attached hydrogens (tertiary/aromatic N) is 5. The highest BCUT2D eigenvalue weighted by atomic mass is 32.1. The molecular formula is C25H24N6O2S. The molecule has 0 aliphatic carbocycles. The Kier molecular flexibility index (Phi) is 6.09. The topological polar surface area (TPSA) is 87.0 Å². The van der Waals surface area contributed by atoms with Gasteiger partial charge in [-0.1, -0.05) is 31.3 Å². The molecule has 2 aromatic carbocycles. The second-order valence-electron chi connectivity index (χ2n) is 8.15. The van der Waals surface area contributed by atoms with Crippen LogP contribution in [0.4, 0.5) is 10.8 Å². The van der Waals surface area contributed by atoms with Gasteiger partial charge in [-0.25, -0.2) is 15.0 Å². The van der Waals surface area contributed by atoms with Crippen LogP contribution in [0.15, 0.2) is 67.4 Å². The number of imidazole rings is 1. The Morgan fingerprint density at radius 3 is 2.65 bits per heavy atom. The fraction of sp³-hybridized carbons (Fsp3) is 0.200. The third-order valence-electron chi connectivity index (χ3n) is 5.11. The zero-order valence-corrected chi connectivity index (χ0v) is 19.9. The molecule has 9 heteroatoms. The largest absolute Gasteiger partial charge is 0.497 e. The SMILES string of the molecule is COc1cccc(Nc2ncc(-c3ccc(Oc4ncnc5c4ncn5CC(C)C)cc3)s2)c1. The number of hydrogen-bond acceptors (Lipinski definition) is 8. The highest BCUT2D eigenvalue weighted by molar-refractivity contribution is 7.18. The third-order valence-corrected chi connectivity index (χ3v) is 6.07. The fourth-order valence-corrected chi connectivity index (χ4v) is 4.39. The van der Waals surface area contributed by atoms with Crippen LogP contribution >= 0.6 is 11.3 Å². The Hall–Kier alpha value is -3.98. The number of rotatable bonds is 8. The van der Waals surface area contributed by atoms with Crippen molar-refractivity contribution in [3.8, 4) is 27.8 Å². The number of anilines is 2. The van der Waals surface area contributed by atoms with E-state index in [4.69, 9.17) is 9.47 Å². The maximum absolute atomic E-state index is 6.04. The number of aromatic nitrogens is 5. The van der Waals surface area contributed by atoms with Crippen molar-refractivity contribution in [2.24, 2.45) is 5.92 Å². The number of ether oxygens (including phenoxy) is 2. The second kappa shape index (κ2) is 9.48. The standard InChI is InChI=1S/C25H24N6O2S/c1-16(2)13-31-15-29-22-23(31)27-14-28-24(22)33-19-9-7-17(8-10-19)21-12-26-25(34-21)30-18-5-4-6-20(11-18)32-3/h4-12,14-16H,13H2,1-3H3,(H,26,30). The molecular weight excluding hydrogens is 448 g/mol. The number of nitrogens with one attached hydrogen (secondary N) is 1. The van der Waals surface area contributed by atoms with Crippen molar-refractivity contribution < 1.29 is 9.47 Å². The molecule has 0 atom stereocenters. The van der Waals surface area contributed by atoms with Crippen LogP contribution in [0.2, 0.25) is 0 Å². The average Bonchev–Trinajstić information content (AvgIpc) is 3.47. The average molecular weight is 473 g/mol. The first kappa shape index (κ1) is 21.8. The van der Waals surface area contributed by atoms with E-state index in [2.05, 4.69) is 39.1 Å². The summed E-state index contributed by atoms with van der Waals surface area (Å²) in [7, 11) is 1.65. The van der Waals surface area contributed by atoms with Crippen molar-refractivity contribution in [3.63, 3.8) is 0 Å². The van der Waals surface area contributed by atoms with Crippen LogP contribution < -0.4 is 14.8 Å². The third kappa shape index (κ3) is 4.69. The lowest BCUT2D eigenvalue weighted by molar-refractivity contribution is 0.415. The van der Waals surface area contributed by atoms with E-state index < -0.39 is 0 Å². The summed E-state index contributed by atoms with van der Waals surface area (Å²) in [4.78, 5) is 18.7. The van der Waals surface area contributed by atoms with E-state index in [9.17, 15) is 0 Å². The lowest BCUT2D eigenvalue weighted by atomic mass is 10.2. The Bertz CT molecular complexity index is 1410. The molecule has 0 unspecified atom stereocenters. The van der Waals surface area contributed by atoms with E-state index >= 15 is 0 Å². The number of hydrogen-bond donors (Lipinski definition) is 1. The van der Waals surface area contributed by atoms with Crippen LogP contribution in [0.1, 0.15) is 13.8 Å². The molecule has 1 N–H and O–H groups in total. The van der Waals surface area contributed by atoms with Crippen LogP contribution in [-0.2, 0) is 6.54 Å². The minimum Gasteiger partial charge on any atom is -0.497 e. The summed E-state index contributed by atoms with van der Waals surface area (Å²) in [5, 5.41) is 4.13. The van der Waals surface area contributed by atoms with Gasteiger partial charge in [-0.05, 0) is 47.9 Å². The van der Waals surface area contributed by atoms with E-state index in [0.717, 1.165) is 39.2 Å². The Labute approximate surface area is 201 Å². The van der Waals surface area contributed by atoms with E-state index in [1.807, 2.05) is 59.3 Å². The summed E-state index contributed by atoms with van der Waals surface area (Å²) in [6.45, 7) is 5.16. The molecule has 172 valence electrons. The molecule has 0 saturated heterocycles. The molecule has 0 spiro atoms. The molecule has 5 rings (SSSR count). The number of methoxy groups -OCH3 is 1. The van der Waals surface area contributed by atoms with Crippen LogP contribution in [-0.4, -0.2) is 31.6 Å². The monoisotopic (exact) mass is 472 g/mol. The van der Waals surface area contributed by atoms with E-state index in [-0.39, 0.29) is 0 Å². The van der Waals surface area contributed by atoms with Crippen molar-refractivity contribution in [2.75, 3.05) is 12.4 Å². The van der Waals surface area contributed by atoms with Gasteiger partial charge in [0.1, 0.15) is 17.8 Å². The maximum Gasteiger partial charge on any atom is 0.250 e. The fourth-order valence-electron chi connectivity index (χ4n) is 3.55. The van der Waals surface area contributed by atoms with Crippen molar-refractivity contribution in [3.05, 3.63) is 67.4 Å². The van der Waals surface area contributed by atoms with Crippen LogP contribution in [0.25, 0.3) is 21.6 Å². The summed E-state index contributed by atoms with van der Waals surface area (Å²) in [5.41, 5.74) is 3.41. The van der Waals surface area contributed by atoms with Gasteiger partial charge in [-0.2, -0.15) is 4.98 Å². The van der Waals surface area contributed by atoms with Crippen LogP contribution in [0.5, 0.6) is 17.4 Å². The first-order chi connectivity index (χ1) is 16.6. The molecule has 0 radical (unpaired) electrons. The number of thiazole rings is 1. The summed E-state index contributed by atoms with van der Waals surface area (Å²) in [5.74, 6) is 2.41. The predicted molar refractivity (Wildman–Crippen MR) is 134 cm³/mol. The van der Waals surface area contributed by atoms with Crippen LogP contribution in [0, 0.1) is 5.92 Å². The van der Waals surface area contributed by atoms with Crippen molar-refractivity contribution in [1.29, 1.82) is 0 Å². The summed E-state index contributed by atoms with van der Waals surface area (Å²) < 4.78 is 13.3. The van der Waals surface area contributed by atoms with Gasteiger partial charge in [0.2, 0.25) is 0 Å². The van der Waals surface area contributed by atoms with Gasteiger partial charge in [0, 0.05) is 24.5 Å². The minimum absolute atomic E-state index is 0.447. The summed E-state index contributed by atoms with van der Waals surface area (Å²) >= 11 is 1.58. The van der Waals surface area contributed by atoms with Crippen molar-refractivity contribution in [1.82, 2.24) is 24.5 Å². The number of fused-ring (bicyclic) bond motifs is 1. The van der Waals surface area contributed by atoms with Crippen molar-refractivity contribution in [2.45, 2.75) is 20.4 Å². The first-order valence-electron chi connectivity index (χ1n) is 10.9. The normalized spacial score (nSPS) is 11.2. The predicted octanol–water partition coefficient (Wildman–Crippen LogP) is 6.15. The molecule has 0 aliphatic heterocycles. The number of benzene rings is 2. The second-order valence-corrected chi connectivity index (χ2v) is 9.19. The van der Waals surface area contributed by atoms with Gasteiger partial charge in [-0.3, -0.25) is 0 Å². The summed E-state index contributed by atoms with van der Waals surface area (Å²) in [6.07, 6.45) is 5.16. The summed E-state index contributed by atoms with van der Waals surface area (Å²) in [6, 6.07) is 15.6. The van der Waals surface area contributed by atoms with Gasteiger partial charge < -0.3 is 19.4 Å². The molecule has 0 bridgehead atoms. The minimum atomic E-state index is 0.447. The van der Waals surface area contributed by atoms with Crippen molar-refractivity contribution >= 4 is 33.3 Å². The molecule has 3 aromatic heterocycles. The molecule has 34 heavy (non-hydrogen) atoms. The van der Waals surface area contributed by atoms with Gasteiger partial charge in [0.15, 0.2) is 16.3 Å². The molecule has 3 heterocycles. The smallest absolute Gasteiger partial charge is 0.250 e. The maximum atomic E-state index is 6.04. The van der Waals surface area contributed by atoms with E-state index in [1.165, 1.54) is 6.33 Å². The Morgan fingerprint density at radius 2 is 1.85 bits per heavy atom. The van der Waals surface area contributed by atoms with E-state index in [1.54, 1.807) is 24.8 Å². The molecule has 5 aromatic rings. The van der Waals surface area contributed by atoms with Gasteiger partial charge in [0.05, 0.1) is 18.3 Å². The molecule has 0 aliphatic rings. The van der Waals surface area contributed by atoms with Gasteiger partial charge >= 0.3 is 0 Å². The molecule has 0 fully saturated rings. The molecule has 8 nitrogen and oxygen atoms in total. The highest BCUT2D eigenvalue weighted by Gasteiger charge is 2.13.